The van der Waals surface area contributed by atoms with Crippen molar-refractivity contribution in [1.82, 2.24) is 0 Å². The van der Waals surface area contributed by atoms with E-state index in [1.165, 1.54) is 51.4 Å². The van der Waals surface area contributed by atoms with Gasteiger partial charge in [0.15, 0.2) is 0 Å². The van der Waals surface area contributed by atoms with Crippen molar-refractivity contribution in [1.29, 1.82) is 0 Å². The van der Waals surface area contributed by atoms with E-state index >= 15 is 0 Å². The van der Waals surface area contributed by atoms with E-state index in [1.54, 1.807) is 0 Å². The van der Waals surface area contributed by atoms with E-state index in [0.717, 1.165) is 41.3 Å². The van der Waals surface area contributed by atoms with Gasteiger partial charge in [0.05, 0.1) is 0 Å². The lowest BCUT2D eigenvalue weighted by molar-refractivity contribution is -0.133. The molecule has 0 aromatic carbocycles. The minimum Gasteiger partial charge on any atom is -0.299 e. The first kappa shape index (κ1) is 22.2. The van der Waals surface area contributed by atoms with Crippen molar-refractivity contribution in [2.45, 2.75) is 107 Å². The summed E-state index contributed by atoms with van der Waals surface area (Å²) in [6.45, 7) is 20.3. The summed E-state index contributed by atoms with van der Waals surface area (Å²) in [4.78, 5) is 14.7. The van der Waals surface area contributed by atoms with E-state index < -0.39 is 0 Å². The third kappa shape index (κ3) is 2.36. The molecule has 6 aliphatic carbocycles. The van der Waals surface area contributed by atoms with E-state index in [9.17, 15) is 4.79 Å². The number of carbonyl (C=O) groups is 1. The third-order valence-electron chi connectivity index (χ3n) is 14.2. The van der Waals surface area contributed by atoms with Crippen LogP contribution in [0.2, 0.25) is 0 Å². The zero-order valence-electron chi connectivity index (χ0n) is 22.3. The van der Waals surface area contributed by atoms with Crippen LogP contribution in [0.3, 0.4) is 0 Å². The SMILES string of the molecule is C[C@@H]1CC[C@@]23C[C@@H]1C(C)(C)[C@@H]2C(C(=O)C1C[C@@H](C)[C@]24CC[C@@H](C)[C@H](C2)C(C)(C)[C@H]14)C[C@H]3C. The van der Waals surface area contributed by atoms with Gasteiger partial charge in [0.2, 0.25) is 0 Å². The van der Waals surface area contributed by atoms with Crippen molar-refractivity contribution in [3.63, 3.8) is 0 Å². The van der Waals surface area contributed by atoms with Crippen molar-refractivity contribution >= 4 is 5.78 Å². The molecule has 180 valence electrons. The number of Topliss-reactive ketones (excluding diaryl/α,β-unsaturated/α-hetero) is 1. The van der Waals surface area contributed by atoms with Crippen LogP contribution in [0.1, 0.15) is 107 Å². The van der Waals surface area contributed by atoms with Gasteiger partial charge in [-0.15, -0.1) is 0 Å². The first-order chi connectivity index (χ1) is 14.9. The second-order valence-corrected chi connectivity index (χ2v) is 15.6. The molecule has 4 bridgehead atoms. The minimum absolute atomic E-state index is 0.332. The molecular weight excluding hydrogens is 388 g/mol. The Balaban J connectivity index is 1.38. The van der Waals surface area contributed by atoms with Gasteiger partial charge in [-0.2, -0.15) is 0 Å². The maximum absolute atomic E-state index is 14.7. The average Bonchev–Trinajstić information content (AvgIpc) is 3.30. The van der Waals surface area contributed by atoms with Gasteiger partial charge in [-0.3, -0.25) is 4.79 Å². The highest BCUT2D eigenvalue weighted by Crippen LogP contribution is 2.77. The maximum atomic E-state index is 14.7. The summed E-state index contributed by atoms with van der Waals surface area (Å²) < 4.78 is 0. The van der Waals surface area contributed by atoms with Crippen LogP contribution in [0.25, 0.3) is 0 Å². The average molecular weight is 439 g/mol. The molecule has 6 fully saturated rings. The normalized spacial score (nSPS) is 59.1. The molecule has 6 saturated carbocycles. The fourth-order valence-corrected chi connectivity index (χ4v) is 13.0. The first-order valence-corrected chi connectivity index (χ1v) is 14.4. The number of hydrogen-bond acceptors (Lipinski definition) is 1. The van der Waals surface area contributed by atoms with E-state index in [-0.39, 0.29) is 0 Å². The highest BCUT2D eigenvalue weighted by atomic mass is 16.1. The van der Waals surface area contributed by atoms with Gasteiger partial charge in [-0.05, 0) is 120 Å². The molecule has 0 amide bonds. The highest BCUT2D eigenvalue weighted by molar-refractivity contribution is 5.85. The summed E-state index contributed by atoms with van der Waals surface area (Å²) in [6, 6.07) is 0. The fourth-order valence-electron chi connectivity index (χ4n) is 13.0. The predicted molar refractivity (Wildman–Crippen MR) is 132 cm³/mol. The standard InChI is InChI=1S/C31H50O/c1-17-9-11-30-15-23(17)28(5,6)26(30)21(13-19(30)3)25(32)22-14-20(4)31-12-10-18(2)24(16-31)29(7,8)27(22)31/h17-24,26-27H,9-16H2,1-8H3/t17-,18-,19-,20-,21?,22?,23+,24+,26+,27+,30+,31+/m1/s1. The Labute approximate surface area is 198 Å². The van der Waals surface area contributed by atoms with Crippen LogP contribution in [0, 0.1) is 80.8 Å². The molecule has 32 heavy (non-hydrogen) atoms. The Morgan fingerprint density at radius 2 is 1.03 bits per heavy atom. The molecule has 2 unspecified atom stereocenters. The molecule has 2 spiro atoms. The van der Waals surface area contributed by atoms with Crippen LogP contribution in [-0.4, -0.2) is 5.78 Å². The van der Waals surface area contributed by atoms with E-state index in [1.807, 2.05) is 0 Å². The Morgan fingerprint density at radius 3 is 1.41 bits per heavy atom. The molecular formula is C31H50O. The summed E-state index contributed by atoms with van der Waals surface area (Å²) in [5, 5.41) is 0. The van der Waals surface area contributed by atoms with Crippen LogP contribution in [0.5, 0.6) is 0 Å². The quantitative estimate of drug-likeness (QED) is 0.426. The topological polar surface area (TPSA) is 17.1 Å². The van der Waals surface area contributed by atoms with Crippen molar-refractivity contribution in [2.75, 3.05) is 0 Å². The molecule has 1 heteroatoms. The fraction of sp³-hybridized carbons (Fsp3) is 0.968. The van der Waals surface area contributed by atoms with Crippen molar-refractivity contribution in [3.05, 3.63) is 0 Å². The Kier molecular flexibility index (Phi) is 4.47. The molecule has 12 atom stereocenters. The zero-order chi connectivity index (χ0) is 23.0. The third-order valence-corrected chi connectivity index (χ3v) is 14.2. The van der Waals surface area contributed by atoms with Crippen LogP contribution in [0.4, 0.5) is 0 Å². The zero-order valence-corrected chi connectivity index (χ0v) is 22.3. The van der Waals surface area contributed by atoms with E-state index in [4.69, 9.17) is 0 Å². The van der Waals surface area contributed by atoms with Crippen molar-refractivity contribution in [3.8, 4) is 0 Å². The molecule has 0 radical (unpaired) electrons. The summed E-state index contributed by atoms with van der Waals surface area (Å²) in [5.74, 6) is 7.53. The van der Waals surface area contributed by atoms with Crippen LogP contribution in [0.15, 0.2) is 0 Å². The van der Waals surface area contributed by atoms with Gasteiger partial charge in [0, 0.05) is 11.8 Å². The maximum Gasteiger partial charge on any atom is 0.139 e. The monoisotopic (exact) mass is 438 g/mol. The van der Waals surface area contributed by atoms with Gasteiger partial charge in [0.25, 0.3) is 0 Å². The lowest BCUT2D eigenvalue weighted by Crippen LogP contribution is -2.42. The van der Waals surface area contributed by atoms with Gasteiger partial charge < -0.3 is 0 Å². The summed E-state index contributed by atoms with van der Waals surface area (Å²) in [6.07, 6.45) is 10.8. The molecule has 0 aromatic heterocycles. The molecule has 1 nitrogen and oxygen atoms in total. The molecule has 0 aliphatic heterocycles. The van der Waals surface area contributed by atoms with Crippen molar-refractivity contribution in [2.24, 2.45) is 80.8 Å². The lowest BCUT2D eigenvalue weighted by Gasteiger charge is -2.42. The molecule has 0 N–H and O–H groups in total. The molecule has 6 rings (SSSR count). The smallest absolute Gasteiger partial charge is 0.139 e. The van der Waals surface area contributed by atoms with Crippen molar-refractivity contribution < 1.29 is 4.79 Å². The molecule has 6 aliphatic rings. The highest BCUT2D eigenvalue weighted by Gasteiger charge is 2.72. The second kappa shape index (κ2) is 6.46. The Morgan fingerprint density at radius 1 is 0.656 bits per heavy atom. The Hall–Kier alpha value is -0.330. The largest absolute Gasteiger partial charge is 0.299 e. The summed E-state index contributed by atoms with van der Waals surface area (Å²) in [5.41, 5.74) is 1.61. The van der Waals surface area contributed by atoms with Crippen LogP contribution < -0.4 is 0 Å². The predicted octanol–water partition coefficient (Wildman–Crippen LogP) is 8.02. The van der Waals surface area contributed by atoms with Gasteiger partial charge in [0.1, 0.15) is 5.78 Å². The van der Waals surface area contributed by atoms with E-state index in [2.05, 4.69) is 55.4 Å². The molecule has 0 saturated heterocycles. The molecule has 0 aromatic rings. The number of hydrogen-bond donors (Lipinski definition) is 0. The van der Waals surface area contributed by atoms with Gasteiger partial charge in [-0.1, -0.05) is 55.4 Å². The number of ketones is 1. The molecule has 0 heterocycles. The lowest BCUT2D eigenvalue weighted by atomic mass is 9.62. The van der Waals surface area contributed by atoms with Gasteiger partial charge >= 0.3 is 0 Å². The number of fused-ring (bicyclic) bond motifs is 2. The Bertz CT molecular complexity index is 756. The van der Waals surface area contributed by atoms with Crippen LogP contribution >= 0.6 is 0 Å². The minimum atomic E-state index is 0.332. The summed E-state index contributed by atoms with van der Waals surface area (Å²) >= 11 is 0. The van der Waals surface area contributed by atoms with Crippen LogP contribution in [-0.2, 0) is 4.79 Å². The van der Waals surface area contributed by atoms with E-state index in [0.29, 0.717) is 45.3 Å². The first-order valence-electron chi connectivity index (χ1n) is 14.4. The summed E-state index contributed by atoms with van der Waals surface area (Å²) in [7, 11) is 0. The second-order valence-electron chi connectivity index (χ2n) is 15.6. The number of rotatable bonds is 2. The number of carbonyl (C=O) groups excluding carboxylic acids is 1. The van der Waals surface area contributed by atoms with Gasteiger partial charge in [-0.25, -0.2) is 0 Å².